The van der Waals surface area contributed by atoms with Crippen molar-refractivity contribution in [3.8, 4) is 5.75 Å². The fourth-order valence-electron chi connectivity index (χ4n) is 2.57. The summed E-state index contributed by atoms with van der Waals surface area (Å²) < 4.78 is 5.34. The third-order valence-electron chi connectivity index (χ3n) is 3.83. The Hall–Kier alpha value is -3.75. The second-order valence-corrected chi connectivity index (χ2v) is 5.64. The zero-order chi connectivity index (χ0) is 18.1. The fourth-order valence-corrected chi connectivity index (χ4v) is 2.57. The van der Waals surface area contributed by atoms with E-state index in [2.05, 4.69) is 25.6 Å². The number of ether oxygens (including phenoxy) is 1. The van der Waals surface area contributed by atoms with Gasteiger partial charge in [0.15, 0.2) is 12.3 Å². The number of hydrogen-bond donors (Lipinski definition) is 3. The Labute approximate surface area is 146 Å². The van der Waals surface area contributed by atoms with Crippen molar-refractivity contribution >= 4 is 28.5 Å². The summed E-state index contributed by atoms with van der Waals surface area (Å²) in [5.74, 6) is -0.305. The lowest BCUT2D eigenvalue weighted by molar-refractivity contribution is -0.118. The van der Waals surface area contributed by atoms with Gasteiger partial charge in [0.2, 0.25) is 5.82 Å². The number of pyridine rings is 1. The molecule has 0 bridgehead atoms. The van der Waals surface area contributed by atoms with Crippen LogP contribution in [0.5, 0.6) is 5.75 Å². The number of aromatic amines is 1. The quantitative estimate of drug-likeness (QED) is 0.634. The molecule has 0 fully saturated rings. The van der Waals surface area contributed by atoms with Crippen LogP contribution >= 0.6 is 0 Å². The molecule has 0 radical (unpaired) electrons. The van der Waals surface area contributed by atoms with Crippen molar-refractivity contribution in [3.05, 3.63) is 58.3 Å². The number of nitrogens with zero attached hydrogens (tertiary/aromatic N) is 2. The number of fused-ring (bicyclic) bond motifs is 2. The van der Waals surface area contributed by atoms with Crippen molar-refractivity contribution in [1.82, 2.24) is 20.3 Å². The smallest absolute Gasteiger partial charge is 0.287 e. The van der Waals surface area contributed by atoms with Gasteiger partial charge in [0.05, 0.1) is 11.1 Å². The van der Waals surface area contributed by atoms with Crippen LogP contribution in [0.2, 0.25) is 0 Å². The zero-order valence-corrected chi connectivity index (χ0v) is 13.4. The molecule has 3 heterocycles. The molecule has 2 aromatic heterocycles. The minimum absolute atomic E-state index is 0.0436. The van der Waals surface area contributed by atoms with Crippen molar-refractivity contribution in [2.24, 2.45) is 0 Å². The molecule has 4 rings (SSSR count). The number of carbonyl (C=O) groups is 2. The lowest BCUT2D eigenvalue weighted by Gasteiger charge is -2.18. The maximum absolute atomic E-state index is 12.3. The lowest BCUT2D eigenvalue weighted by Crippen LogP contribution is -2.28. The van der Waals surface area contributed by atoms with Gasteiger partial charge >= 0.3 is 0 Å². The Bertz CT molecular complexity index is 1090. The van der Waals surface area contributed by atoms with Crippen molar-refractivity contribution in [2.45, 2.75) is 6.54 Å². The topological polar surface area (TPSA) is 126 Å². The van der Waals surface area contributed by atoms with E-state index >= 15 is 0 Å². The van der Waals surface area contributed by atoms with Gasteiger partial charge in [-0.3, -0.25) is 14.4 Å². The highest BCUT2D eigenvalue weighted by molar-refractivity contribution is 5.95. The SMILES string of the molecule is O=C1COc2cc(CNC(=O)c3nc4ncccc4c(=O)[nH]3)ccc2N1. The molecule has 130 valence electrons. The molecule has 9 heteroatoms. The number of anilines is 1. The summed E-state index contributed by atoms with van der Waals surface area (Å²) in [6.07, 6.45) is 1.50. The van der Waals surface area contributed by atoms with Crippen molar-refractivity contribution in [1.29, 1.82) is 0 Å². The van der Waals surface area contributed by atoms with E-state index in [1.807, 2.05) is 0 Å². The van der Waals surface area contributed by atoms with Gasteiger partial charge in [-0.05, 0) is 29.8 Å². The van der Waals surface area contributed by atoms with Crippen LogP contribution in [0.25, 0.3) is 11.0 Å². The number of benzene rings is 1. The number of amides is 2. The molecule has 9 nitrogen and oxygen atoms in total. The summed E-state index contributed by atoms with van der Waals surface area (Å²) in [6.45, 7) is 0.158. The van der Waals surface area contributed by atoms with Crippen LogP contribution in [-0.2, 0) is 11.3 Å². The number of hydrogen-bond acceptors (Lipinski definition) is 6. The summed E-state index contributed by atoms with van der Waals surface area (Å²) >= 11 is 0. The Kier molecular flexibility index (Phi) is 3.81. The van der Waals surface area contributed by atoms with Crippen molar-refractivity contribution in [2.75, 3.05) is 11.9 Å². The van der Waals surface area contributed by atoms with Gasteiger partial charge in [-0.2, -0.15) is 0 Å². The van der Waals surface area contributed by atoms with E-state index in [4.69, 9.17) is 4.74 Å². The summed E-state index contributed by atoms with van der Waals surface area (Å²) in [5.41, 5.74) is 1.14. The van der Waals surface area contributed by atoms with Gasteiger partial charge in [-0.15, -0.1) is 0 Å². The van der Waals surface area contributed by atoms with Crippen LogP contribution in [0.15, 0.2) is 41.3 Å². The predicted octanol–water partition coefficient (Wildman–Crippen LogP) is 0.579. The first-order chi connectivity index (χ1) is 12.6. The van der Waals surface area contributed by atoms with Crippen LogP contribution < -0.4 is 20.9 Å². The third-order valence-corrected chi connectivity index (χ3v) is 3.83. The highest BCUT2D eigenvalue weighted by atomic mass is 16.5. The third kappa shape index (κ3) is 2.97. The van der Waals surface area contributed by atoms with Crippen molar-refractivity contribution in [3.63, 3.8) is 0 Å². The van der Waals surface area contributed by atoms with Gasteiger partial charge < -0.3 is 20.4 Å². The molecule has 26 heavy (non-hydrogen) atoms. The predicted molar refractivity (Wildman–Crippen MR) is 91.9 cm³/mol. The average molecular weight is 351 g/mol. The largest absolute Gasteiger partial charge is 0.482 e. The van der Waals surface area contributed by atoms with E-state index in [9.17, 15) is 14.4 Å². The molecular formula is C17H13N5O4. The average Bonchev–Trinajstić information content (AvgIpc) is 2.66. The summed E-state index contributed by atoms with van der Waals surface area (Å²) in [4.78, 5) is 46.1. The first-order valence-corrected chi connectivity index (χ1v) is 7.79. The number of carbonyl (C=O) groups excluding carboxylic acids is 2. The monoisotopic (exact) mass is 351 g/mol. The number of rotatable bonds is 3. The number of H-pyrrole nitrogens is 1. The van der Waals surface area contributed by atoms with Crippen LogP contribution in [0.3, 0.4) is 0 Å². The van der Waals surface area contributed by atoms with E-state index in [-0.39, 0.29) is 30.5 Å². The maximum Gasteiger partial charge on any atom is 0.287 e. The Balaban J connectivity index is 1.51. The van der Waals surface area contributed by atoms with Crippen LogP contribution in [0, 0.1) is 0 Å². The molecule has 0 atom stereocenters. The summed E-state index contributed by atoms with van der Waals surface area (Å²) in [7, 11) is 0. The molecule has 1 aromatic carbocycles. The molecule has 0 unspecified atom stereocenters. The van der Waals surface area contributed by atoms with E-state index in [0.29, 0.717) is 16.8 Å². The van der Waals surface area contributed by atoms with Crippen molar-refractivity contribution < 1.29 is 14.3 Å². The number of nitrogens with one attached hydrogen (secondary N) is 3. The van der Waals surface area contributed by atoms with E-state index in [1.165, 1.54) is 6.20 Å². The Morgan fingerprint density at radius 3 is 3.04 bits per heavy atom. The molecule has 1 aliphatic heterocycles. The lowest BCUT2D eigenvalue weighted by atomic mass is 10.1. The molecule has 1 aliphatic rings. The summed E-state index contributed by atoms with van der Waals surface area (Å²) in [6, 6.07) is 8.40. The highest BCUT2D eigenvalue weighted by Gasteiger charge is 2.16. The second kappa shape index (κ2) is 6.28. The fraction of sp³-hybridized carbons (Fsp3) is 0.118. The Morgan fingerprint density at radius 2 is 2.15 bits per heavy atom. The number of aromatic nitrogens is 3. The zero-order valence-electron chi connectivity index (χ0n) is 13.4. The molecule has 0 saturated carbocycles. The molecule has 0 saturated heterocycles. The minimum Gasteiger partial charge on any atom is -0.482 e. The highest BCUT2D eigenvalue weighted by Crippen LogP contribution is 2.28. The molecule has 3 aromatic rings. The first kappa shape index (κ1) is 15.8. The Morgan fingerprint density at radius 1 is 1.27 bits per heavy atom. The van der Waals surface area contributed by atoms with E-state index in [0.717, 1.165) is 5.56 Å². The normalized spacial score (nSPS) is 12.8. The summed E-state index contributed by atoms with van der Waals surface area (Å²) in [5, 5.41) is 5.69. The molecule has 0 spiro atoms. The minimum atomic E-state index is -0.526. The van der Waals surface area contributed by atoms with Gasteiger partial charge in [0.25, 0.3) is 17.4 Å². The second-order valence-electron chi connectivity index (χ2n) is 5.64. The maximum atomic E-state index is 12.3. The van der Waals surface area contributed by atoms with Gasteiger partial charge in [-0.1, -0.05) is 6.07 Å². The van der Waals surface area contributed by atoms with Crippen LogP contribution in [-0.4, -0.2) is 33.4 Å². The molecule has 2 amide bonds. The van der Waals surface area contributed by atoms with Crippen LogP contribution in [0.4, 0.5) is 5.69 Å². The van der Waals surface area contributed by atoms with Gasteiger partial charge in [0, 0.05) is 12.7 Å². The van der Waals surface area contributed by atoms with Gasteiger partial charge in [0.1, 0.15) is 5.75 Å². The molecular weight excluding hydrogens is 338 g/mol. The molecule has 3 N–H and O–H groups in total. The standard InChI is InChI=1S/C17H13N5O4/c23-13-8-26-12-6-9(3-4-11(12)20-13)7-19-17(25)15-21-14-10(16(24)22-15)2-1-5-18-14/h1-6H,7-8H2,(H,19,25)(H,20,23)(H,18,21,22,24). The van der Waals surface area contributed by atoms with Gasteiger partial charge in [-0.25, -0.2) is 9.97 Å². The first-order valence-electron chi connectivity index (χ1n) is 7.79. The van der Waals surface area contributed by atoms with Crippen LogP contribution in [0.1, 0.15) is 16.2 Å². The molecule has 0 aliphatic carbocycles. The van der Waals surface area contributed by atoms with E-state index < -0.39 is 11.5 Å². The van der Waals surface area contributed by atoms with E-state index in [1.54, 1.807) is 30.3 Å².